The summed E-state index contributed by atoms with van der Waals surface area (Å²) in [5.41, 5.74) is 1.74. The van der Waals surface area contributed by atoms with Crippen molar-refractivity contribution in [2.45, 2.75) is 12.8 Å². The highest BCUT2D eigenvalue weighted by molar-refractivity contribution is 6.17. The number of carbonyl (C=O) groups excluding carboxylic acids is 2. The van der Waals surface area contributed by atoms with Gasteiger partial charge in [-0.05, 0) is 23.8 Å². The van der Waals surface area contributed by atoms with Gasteiger partial charge in [0.1, 0.15) is 5.75 Å². The Morgan fingerprint density at radius 1 is 1.10 bits per heavy atom. The van der Waals surface area contributed by atoms with Gasteiger partial charge in [-0.25, -0.2) is 0 Å². The molecular weight excluding hydrogens is 290 g/mol. The Morgan fingerprint density at radius 3 is 2.48 bits per heavy atom. The number of esters is 1. The predicted molar refractivity (Wildman–Crippen MR) is 81.7 cm³/mol. The summed E-state index contributed by atoms with van der Waals surface area (Å²) >= 11 is 5.84. The Kier molecular flexibility index (Phi) is 4.95. The monoisotopic (exact) mass is 303 g/mol. The molecule has 0 fully saturated rings. The molecule has 0 aliphatic heterocycles. The molecule has 108 valence electrons. The van der Waals surface area contributed by atoms with Gasteiger partial charge in [-0.3, -0.25) is 9.59 Å². The lowest BCUT2D eigenvalue weighted by atomic mass is 10.1. The standard InChI is InChI=1S/C16H14ClNO3/c1-11(19)21-15-9-5-3-7-13(15)16(20)18-14-8-4-2-6-12(14)10-17/h2-9H,10H2,1H3,(H,18,20). The van der Waals surface area contributed by atoms with Gasteiger partial charge in [0.15, 0.2) is 0 Å². The minimum atomic E-state index is -0.476. The second-order valence-corrected chi connectivity index (χ2v) is 4.60. The number of hydrogen-bond donors (Lipinski definition) is 1. The van der Waals surface area contributed by atoms with Gasteiger partial charge in [-0.2, -0.15) is 0 Å². The van der Waals surface area contributed by atoms with Gasteiger partial charge < -0.3 is 10.1 Å². The van der Waals surface area contributed by atoms with E-state index in [1.807, 2.05) is 18.2 Å². The number of para-hydroxylation sites is 2. The summed E-state index contributed by atoms with van der Waals surface area (Å²) < 4.78 is 5.03. The van der Waals surface area contributed by atoms with Crippen molar-refractivity contribution in [3.8, 4) is 5.75 Å². The number of benzene rings is 2. The first-order chi connectivity index (χ1) is 10.1. The van der Waals surface area contributed by atoms with E-state index in [1.165, 1.54) is 6.92 Å². The van der Waals surface area contributed by atoms with Crippen molar-refractivity contribution in [2.75, 3.05) is 5.32 Å². The first kappa shape index (κ1) is 15.1. The lowest BCUT2D eigenvalue weighted by Gasteiger charge is -2.11. The third kappa shape index (κ3) is 3.83. The third-order valence-corrected chi connectivity index (χ3v) is 3.08. The van der Waals surface area contributed by atoms with E-state index in [-0.39, 0.29) is 17.2 Å². The zero-order valence-electron chi connectivity index (χ0n) is 11.4. The Labute approximate surface area is 127 Å². The fraction of sp³-hybridized carbons (Fsp3) is 0.125. The number of carbonyl (C=O) groups is 2. The van der Waals surface area contributed by atoms with Gasteiger partial charge >= 0.3 is 5.97 Å². The molecule has 0 saturated heterocycles. The van der Waals surface area contributed by atoms with Crippen molar-refractivity contribution in [3.05, 3.63) is 59.7 Å². The topological polar surface area (TPSA) is 55.4 Å². The maximum atomic E-state index is 12.3. The van der Waals surface area contributed by atoms with E-state index < -0.39 is 5.97 Å². The molecule has 0 radical (unpaired) electrons. The van der Waals surface area contributed by atoms with Gasteiger partial charge in [-0.15, -0.1) is 11.6 Å². The van der Waals surface area contributed by atoms with Crippen LogP contribution in [0.2, 0.25) is 0 Å². The highest BCUT2D eigenvalue weighted by Gasteiger charge is 2.14. The zero-order chi connectivity index (χ0) is 15.2. The van der Waals surface area contributed by atoms with Gasteiger partial charge in [-0.1, -0.05) is 30.3 Å². The Bertz CT molecular complexity index is 670. The van der Waals surface area contributed by atoms with E-state index in [0.717, 1.165) is 5.56 Å². The van der Waals surface area contributed by atoms with Crippen LogP contribution in [0.5, 0.6) is 5.75 Å². The van der Waals surface area contributed by atoms with Gasteiger partial charge in [0.2, 0.25) is 0 Å². The van der Waals surface area contributed by atoms with Crippen molar-refractivity contribution in [2.24, 2.45) is 0 Å². The van der Waals surface area contributed by atoms with Crippen LogP contribution in [0.15, 0.2) is 48.5 Å². The van der Waals surface area contributed by atoms with Crippen molar-refractivity contribution in [3.63, 3.8) is 0 Å². The number of halogens is 1. The van der Waals surface area contributed by atoms with Crippen LogP contribution in [0.1, 0.15) is 22.8 Å². The number of ether oxygens (including phenoxy) is 1. The summed E-state index contributed by atoms with van der Waals surface area (Å²) in [6, 6.07) is 13.8. The highest BCUT2D eigenvalue weighted by Crippen LogP contribution is 2.22. The molecule has 1 N–H and O–H groups in total. The van der Waals surface area contributed by atoms with E-state index in [2.05, 4.69) is 5.32 Å². The van der Waals surface area contributed by atoms with E-state index in [4.69, 9.17) is 16.3 Å². The molecule has 0 aromatic heterocycles. The minimum absolute atomic E-state index is 0.228. The fourth-order valence-electron chi connectivity index (χ4n) is 1.85. The van der Waals surface area contributed by atoms with Crippen LogP contribution in [0.4, 0.5) is 5.69 Å². The second kappa shape index (κ2) is 6.90. The maximum Gasteiger partial charge on any atom is 0.308 e. The summed E-state index contributed by atoms with van der Waals surface area (Å²) in [6.45, 7) is 1.29. The molecule has 0 spiro atoms. The molecule has 0 aliphatic carbocycles. The quantitative estimate of drug-likeness (QED) is 0.533. The molecule has 5 heteroatoms. The van der Waals surface area contributed by atoms with Crippen molar-refractivity contribution in [1.82, 2.24) is 0 Å². The molecular formula is C16H14ClNO3. The van der Waals surface area contributed by atoms with E-state index in [1.54, 1.807) is 30.3 Å². The molecule has 2 aromatic rings. The van der Waals surface area contributed by atoms with E-state index in [0.29, 0.717) is 11.6 Å². The number of rotatable bonds is 4. The molecule has 0 heterocycles. The lowest BCUT2D eigenvalue weighted by molar-refractivity contribution is -0.131. The van der Waals surface area contributed by atoms with Gasteiger partial charge in [0.05, 0.1) is 5.56 Å². The average Bonchev–Trinajstić information content (AvgIpc) is 2.47. The van der Waals surface area contributed by atoms with Crippen LogP contribution in [0, 0.1) is 0 Å². The van der Waals surface area contributed by atoms with Crippen LogP contribution in [-0.4, -0.2) is 11.9 Å². The number of anilines is 1. The Balaban J connectivity index is 2.26. The van der Waals surface area contributed by atoms with Crippen LogP contribution < -0.4 is 10.1 Å². The summed E-state index contributed by atoms with van der Waals surface area (Å²) in [6.07, 6.45) is 0. The Hall–Kier alpha value is -2.33. The first-order valence-corrected chi connectivity index (χ1v) is 6.88. The average molecular weight is 304 g/mol. The van der Waals surface area contributed by atoms with Crippen LogP contribution >= 0.6 is 11.6 Å². The number of hydrogen-bond acceptors (Lipinski definition) is 3. The third-order valence-electron chi connectivity index (χ3n) is 2.79. The number of amides is 1. The predicted octanol–water partition coefficient (Wildman–Crippen LogP) is 3.60. The van der Waals surface area contributed by atoms with Crippen molar-refractivity contribution in [1.29, 1.82) is 0 Å². The highest BCUT2D eigenvalue weighted by atomic mass is 35.5. The fourth-order valence-corrected chi connectivity index (χ4v) is 2.08. The van der Waals surface area contributed by atoms with Crippen LogP contribution in [-0.2, 0) is 10.7 Å². The molecule has 2 aromatic carbocycles. The number of alkyl halides is 1. The van der Waals surface area contributed by atoms with E-state index in [9.17, 15) is 9.59 Å². The smallest absolute Gasteiger partial charge is 0.308 e. The molecule has 0 bridgehead atoms. The SMILES string of the molecule is CC(=O)Oc1ccccc1C(=O)Nc1ccccc1CCl. The van der Waals surface area contributed by atoms with Gasteiger partial charge in [0, 0.05) is 18.5 Å². The zero-order valence-corrected chi connectivity index (χ0v) is 12.2. The second-order valence-electron chi connectivity index (χ2n) is 4.33. The molecule has 0 atom stereocenters. The summed E-state index contributed by atoms with van der Waals surface area (Å²) in [4.78, 5) is 23.4. The molecule has 1 amide bonds. The summed E-state index contributed by atoms with van der Waals surface area (Å²) in [7, 11) is 0. The molecule has 0 saturated carbocycles. The van der Waals surface area contributed by atoms with Crippen molar-refractivity contribution < 1.29 is 14.3 Å². The van der Waals surface area contributed by atoms with Crippen LogP contribution in [0.25, 0.3) is 0 Å². The van der Waals surface area contributed by atoms with E-state index >= 15 is 0 Å². The minimum Gasteiger partial charge on any atom is -0.426 e. The molecule has 4 nitrogen and oxygen atoms in total. The normalized spacial score (nSPS) is 10.0. The molecule has 0 aliphatic rings. The summed E-state index contributed by atoms with van der Waals surface area (Å²) in [5.74, 6) is -0.311. The number of nitrogens with one attached hydrogen (secondary N) is 1. The molecule has 2 rings (SSSR count). The molecule has 21 heavy (non-hydrogen) atoms. The summed E-state index contributed by atoms with van der Waals surface area (Å²) in [5, 5.41) is 2.78. The van der Waals surface area contributed by atoms with Crippen LogP contribution in [0.3, 0.4) is 0 Å². The first-order valence-electron chi connectivity index (χ1n) is 6.34. The van der Waals surface area contributed by atoms with Crippen molar-refractivity contribution >= 4 is 29.2 Å². The molecule has 0 unspecified atom stereocenters. The maximum absolute atomic E-state index is 12.3. The lowest BCUT2D eigenvalue weighted by Crippen LogP contribution is -2.15. The Morgan fingerprint density at radius 2 is 1.76 bits per heavy atom. The largest absolute Gasteiger partial charge is 0.426 e. The van der Waals surface area contributed by atoms with Gasteiger partial charge in [0.25, 0.3) is 5.91 Å².